The van der Waals surface area contributed by atoms with Crippen molar-refractivity contribution in [2.45, 2.75) is 69.9 Å². The third kappa shape index (κ3) is 7.34. The van der Waals surface area contributed by atoms with Crippen LogP contribution in [0.15, 0.2) is 53.6 Å². The van der Waals surface area contributed by atoms with Crippen LogP contribution in [0.25, 0.3) is 21.8 Å². The molecule has 4 heterocycles. The van der Waals surface area contributed by atoms with Gasteiger partial charge in [0, 0.05) is 69.3 Å². The van der Waals surface area contributed by atoms with Gasteiger partial charge in [0.15, 0.2) is 17.4 Å². The summed E-state index contributed by atoms with van der Waals surface area (Å²) in [4.78, 5) is 46.8. The largest absolute Gasteiger partial charge is 0.453 e. The van der Waals surface area contributed by atoms with Crippen molar-refractivity contribution >= 4 is 57.4 Å². The molecule has 0 radical (unpaired) electrons. The predicted molar refractivity (Wildman–Crippen MR) is 225 cm³/mol. The van der Waals surface area contributed by atoms with E-state index in [0.29, 0.717) is 51.2 Å². The van der Waals surface area contributed by atoms with Gasteiger partial charge in [-0.2, -0.15) is 10.4 Å². The number of halogens is 2. The number of fused-ring (bicyclic) bond motifs is 3. The molecule has 5 aromatic rings. The monoisotopic (exact) mass is 836 g/mol. The van der Waals surface area contributed by atoms with Crippen LogP contribution in [0.1, 0.15) is 75.0 Å². The molecule has 2 saturated carbocycles. The van der Waals surface area contributed by atoms with Crippen LogP contribution >= 0.6 is 12.1 Å². The van der Waals surface area contributed by atoms with E-state index >= 15 is 8.78 Å². The highest BCUT2D eigenvalue weighted by Crippen LogP contribution is 2.47. The van der Waals surface area contributed by atoms with Gasteiger partial charge in [0.25, 0.3) is 5.56 Å². The normalized spacial score (nSPS) is 23.4. The average molecular weight is 837 g/mol. The van der Waals surface area contributed by atoms with Crippen LogP contribution < -0.4 is 25.2 Å². The van der Waals surface area contributed by atoms with Crippen molar-refractivity contribution in [1.29, 1.82) is 5.26 Å². The van der Waals surface area contributed by atoms with Crippen LogP contribution in [0.4, 0.5) is 25.1 Å². The molecule has 3 aromatic carbocycles. The Labute approximate surface area is 349 Å². The standard InChI is InChI=1S/C43H46F2N10O4S/c1-4-51(2)60-50-37-12-10-34(44)40(33(37)20-46)59-29-9-11-36-31(17-29)42(57)55(23-47-36)28-15-25-21-53(22-26(25)16-28)27-7-5-24(6-8-27)30-19-38-32(18-35(30)45)41(49-52(38)3)54-14-13-39(56)48-43(54)58/h9-12,17-19,23-28,50H,4-8,13-16,21-22H2,1-3H3,(H,48,56,58)/t24?,25-,26+,27?,28?. The zero-order valence-electron chi connectivity index (χ0n) is 33.7. The number of anilines is 2. The topological polar surface area (TPSA) is 154 Å². The molecule has 14 nitrogen and oxygen atoms in total. The molecule has 1 unspecified atom stereocenters. The molecule has 3 atom stereocenters. The highest BCUT2D eigenvalue weighted by atomic mass is 32.2. The Balaban J connectivity index is 0.838. The third-order valence-electron chi connectivity index (χ3n) is 13.0. The lowest BCUT2D eigenvalue weighted by Crippen LogP contribution is -2.49. The van der Waals surface area contributed by atoms with Gasteiger partial charge in [-0.1, -0.05) is 6.92 Å². The predicted octanol–water partition coefficient (Wildman–Crippen LogP) is 7.21. The number of aromatic nitrogens is 4. The number of carbonyl (C=O) groups is 2. The van der Waals surface area contributed by atoms with Gasteiger partial charge in [-0.05, 0) is 111 Å². The highest BCUT2D eigenvalue weighted by Gasteiger charge is 2.44. The number of urea groups is 1. The summed E-state index contributed by atoms with van der Waals surface area (Å²) < 4.78 is 45.3. The Hall–Kier alpha value is -5.57. The number of likely N-dealkylation sites (tertiary alicyclic amines) is 1. The smallest absolute Gasteiger partial charge is 0.329 e. The molecule has 2 saturated heterocycles. The number of hydrogen-bond acceptors (Lipinski definition) is 11. The van der Waals surface area contributed by atoms with Crippen LogP contribution in [-0.2, 0) is 11.8 Å². The van der Waals surface area contributed by atoms with Crippen LogP contribution in [0.5, 0.6) is 11.5 Å². The number of nitrogens with one attached hydrogen (secondary N) is 2. The van der Waals surface area contributed by atoms with Crippen molar-refractivity contribution in [3.05, 3.63) is 81.9 Å². The van der Waals surface area contributed by atoms with E-state index in [4.69, 9.17) is 4.74 Å². The second kappa shape index (κ2) is 16.1. The SMILES string of the molecule is CCN(C)SNc1ccc(F)c(Oc2ccc3ncn(C4C[C@@H]5CN(C6CCC(c7cc8c(cc7F)c(N7CCC(=O)NC7=O)nn8C)CC6)C[C@@H]5C4)c(=O)c3c2)c1C#N. The fraction of sp³-hybridized carbons (Fsp3) is 0.442. The number of aryl methyl sites for hydroxylation is 1. The molecule has 2 aromatic heterocycles. The Bertz CT molecular complexity index is 2610. The van der Waals surface area contributed by atoms with Gasteiger partial charge < -0.3 is 9.46 Å². The van der Waals surface area contributed by atoms with E-state index < -0.39 is 11.8 Å². The summed E-state index contributed by atoms with van der Waals surface area (Å²) in [6.45, 7) is 4.87. The van der Waals surface area contributed by atoms with E-state index in [2.05, 4.69) is 31.1 Å². The third-order valence-corrected chi connectivity index (χ3v) is 13.9. The van der Waals surface area contributed by atoms with Crippen LogP contribution in [0, 0.1) is 34.8 Å². The van der Waals surface area contributed by atoms with E-state index in [1.807, 2.05) is 24.3 Å². The minimum absolute atomic E-state index is 0.00760. The first-order chi connectivity index (χ1) is 29.0. The second-order valence-electron chi connectivity index (χ2n) is 16.5. The van der Waals surface area contributed by atoms with Crippen molar-refractivity contribution in [2.75, 3.05) is 42.8 Å². The quantitative estimate of drug-likeness (QED) is 0.137. The molecule has 2 N–H and O–H groups in total. The number of nitriles is 1. The van der Waals surface area contributed by atoms with Crippen LogP contribution in [-0.4, -0.2) is 79.7 Å². The number of amides is 3. The summed E-state index contributed by atoms with van der Waals surface area (Å²) in [5.74, 6) is 0.0307. The minimum atomic E-state index is -0.687. The molecule has 4 aliphatic rings. The number of rotatable bonds is 10. The molecule has 9 rings (SSSR count). The summed E-state index contributed by atoms with van der Waals surface area (Å²) in [6, 6.07) is 12.9. The Morgan fingerprint density at radius 1 is 1.00 bits per heavy atom. The van der Waals surface area contributed by atoms with Gasteiger partial charge in [-0.3, -0.25) is 34.0 Å². The molecule has 2 aliphatic heterocycles. The molecule has 60 heavy (non-hydrogen) atoms. The first kappa shape index (κ1) is 39.9. The van der Waals surface area contributed by atoms with Crippen molar-refractivity contribution in [1.82, 2.24) is 33.9 Å². The van der Waals surface area contributed by atoms with E-state index in [1.54, 1.807) is 40.8 Å². The number of hydrogen-bond donors (Lipinski definition) is 2. The first-order valence-corrected chi connectivity index (χ1v) is 21.3. The van der Waals surface area contributed by atoms with Crippen molar-refractivity contribution in [3.63, 3.8) is 0 Å². The number of imide groups is 1. The average Bonchev–Trinajstić information content (AvgIpc) is 3.92. The lowest BCUT2D eigenvalue weighted by molar-refractivity contribution is -0.120. The van der Waals surface area contributed by atoms with Gasteiger partial charge in [0.1, 0.15) is 23.2 Å². The van der Waals surface area contributed by atoms with Gasteiger partial charge in [-0.15, -0.1) is 0 Å². The summed E-state index contributed by atoms with van der Waals surface area (Å²) in [6.07, 6.45) is 7.22. The zero-order valence-corrected chi connectivity index (χ0v) is 34.5. The van der Waals surface area contributed by atoms with E-state index in [0.717, 1.165) is 63.7 Å². The Kier molecular flexibility index (Phi) is 10.7. The first-order valence-electron chi connectivity index (χ1n) is 20.6. The van der Waals surface area contributed by atoms with E-state index in [-0.39, 0.29) is 59.3 Å². The molecular formula is C43H46F2N10O4S. The van der Waals surface area contributed by atoms with Crippen LogP contribution in [0.3, 0.4) is 0 Å². The molecular weight excluding hydrogens is 791 g/mol. The maximum atomic E-state index is 15.8. The number of benzene rings is 3. The summed E-state index contributed by atoms with van der Waals surface area (Å²) in [5, 5.41) is 17.7. The van der Waals surface area contributed by atoms with Gasteiger partial charge in [0.2, 0.25) is 5.91 Å². The Morgan fingerprint density at radius 2 is 1.77 bits per heavy atom. The molecule has 0 bridgehead atoms. The zero-order chi connectivity index (χ0) is 41.8. The van der Waals surface area contributed by atoms with Crippen molar-refractivity contribution in [2.24, 2.45) is 18.9 Å². The molecule has 312 valence electrons. The summed E-state index contributed by atoms with van der Waals surface area (Å²) in [5.41, 5.74) is 2.20. The maximum absolute atomic E-state index is 15.8. The lowest BCUT2D eigenvalue weighted by Gasteiger charge is -2.35. The molecule has 4 fully saturated rings. The fourth-order valence-electron chi connectivity index (χ4n) is 9.74. The van der Waals surface area contributed by atoms with Crippen molar-refractivity contribution in [3.8, 4) is 17.6 Å². The summed E-state index contributed by atoms with van der Waals surface area (Å²) in [7, 11) is 3.68. The molecule has 3 amide bonds. The van der Waals surface area contributed by atoms with Crippen LogP contribution in [0.2, 0.25) is 0 Å². The summed E-state index contributed by atoms with van der Waals surface area (Å²) >= 11 is 1.28. The lowest BCUT2D eigenvalue weighted by atomic mass is 9.80. The van der Waals surface area contributed by atoms with Gasteiger partial charge >= 0.3 is 6.03 Å². The van der Waals surface area contributed by atoms with E-state index in [9.17, 15) is 19.6 Å². The van der Waals surface area contributed by atoms with E-state index in [1.165, 1.54) is 35.2 Å². The van der Waals surface area contributed by atoms with Gasteiger partial charge in [-0.25, -0.2) is 22.9 Å². The molecule has 0 spiro atoms. The number of nitrogens with zero attached hydrogens (tertiary/aromatic N) is 8. The maximum Gasteiger partial charge on any atom is 0.329 e. The van der Waals surface area contributed by atoms with Crippen molar-refractivity contribution < 1.29 is 23.1 Å². The molecule has 2 aliphatic carbocycles. The number of ether oxygens (including phenoxy) is 1. The van der Waals surface area contributed by atoms with Gasteiger partial charge in [0.05, 0.1) is 28.4 Å². The minimum Gasteiger partial charge on any atom is -0.453 e. The number of carbonyl (C=O) groups excluding carboxylic acids is 2. The Morgan fingerprint density at radius 3 is 2.48 bits per heavy atom. The fourth-order valence-corrected chi connectivity index (χ4v) is 10.3. The molecule has 17 heteroatoms. The highest BCUT2D eigenvalue weighted by molar-refractivity contribution is 7.98. The second-order valence-corrected chi connectivity index (χ2v) is 17.5.